The zero-order chi connectivity index (χ0) is 13.8. The summed E-state index contributed by atoms with van der Waals surface area (Å²) < 4.78 is 6.53. The molecule has 0 fully saturated rings. The van der Waals surface area contributed by atoms with Crippen molar-refractivity contribution < 1.29 is 9.21 Å². The predicted molar refractivity (Wildman–Crippen MR) is 71.2 cm³/mol. The Hall–Kier alpha value is -2.22. The van der Waals surface area contributed by atoms with E-state index >= 15 is 0 Å². The fourth-order valence-electron chi connectivity index (χ4n) is 1.43. The normalized spacial score (nSPS) is 12.1. The molecule has 3 N–H and O–H groups in total. The summed E-state index contributed by atoms with van der Waals surface area (Å²) in [6.45, 7) is 2.03. The lowest BCUT2D eigenvalue weighted by Gasteiger charge is -2.11. The van der Waals surface area contributed by atoms with Crippen LogP contribution in [0.1, 0.15) is 24.6 Å². The first kappa shape index (κ1) is 13.2. The van der Waals surface area contributed by atoms with Gasteiger partial charge in [-0.25, -0.2) is 9.67 Å². The van der Waals surface area contributed by atoms with Crippen LogP contribution in [-0.4, -0.2) is 25.7 Å². The summed E-state index contributed by atoms with van der Waals surface area (Å²) in [6, 6.07) is 3.04. The molecule has 2 rings (SSSR count). The summed E-state index contributed by atoms with van der Waals surface area (Å²) in [5.41, 5.74) is 5.41. The van der Waals surface area contributed by atoms with E-state index in [0.29, 0.717) is 12.3 Å². The van der Waals surface area contributed by atoms with Crippen LogP contribution in [-0.2, 0) is 11.3 Å². The molecule has 0 aromatic carbocycles. The van der Waals surface area contributed by atoms with Crippen LogP contribution in [0, 0.1) is 0 Å². The van der Waals surface area contributed by atoms with Crippen molar-refractivity contribution >= 4 is 23.1 Å². The lowest BCUT2D eigenvalue weighted by Crippen LogP contribution is -2.31. The van der Waals surface area contributed by atoms with E-state index in [9.17, 15) is 4.79 Å². The lowest BCUT2D eigenvalue weighted by atomic mass is 10.3. The van der Waals surface area contributed by atoms with Gasteiger partial charge in [0.2, 0.25) is 11.7 Å². The van der Waals surface area contributed by atoms with Crippen LogP contribution in [0.5, 0.6) is 0 Å². The van der Waals surface area contributed by atoms with Gasteiger partial charge in [-0.1, -0.05) is 12.2 Å². The highest BCUT2D eigenvalue weighted by Gasteiger charge is 2.17. The third-order valence-electron chi connectivity index (χ3n) is 2.52. The summed E-state index contributed by atoms with van der Waals surface area (Å²) >= 11 is 4.76. The van der Waals surface area contributed by atoms with Gasteiger partial charge in [0, 0.05) is 0 Å². The van der Waals surface area contributed by atoms with Crippen LogP contribution >= 0.6 is 12.2 Å². The Morgan fingerprint density at radius 3 is 3.05 bits per heavy atom. The molecule has 0 saturated heterocycles. The van der Waals surface area contributed by atoms with E-state index in [2.05, 4.69) is 15.4 Å². The molecule has 0 radical (unpaired) electrons. The largest absolute Gasteiger partial charge is 0.467 e. The van der Waals surface area contributed by atoms with Crippen LogP contribution in [0.15, 0.2) is 29.1 Å². The molecular weight excluding hydrogens is 266 g/mol. The van der Waals surface area contributed by atoms with Gasteiger partial charge in [0.25, 0.3) is 0 Å². The Bertz CT molecular complexity index is 578. The van der Waals surface area contributed by atoms with Gasteiger partial charge in [-0.2, -0.15) is 0 Å². The topological polar surface area (TPSA) is 99.0 Å². The average molecular weight is 279 g/mol. The van der Waals surface area contributed by atoms with Crippen LogP contribution < -0.4 is 11.1 Å². The summed E-state index contributed by atoms with van der Waals surface area (Å²) in [7, 11) is 0. The van der Waals surface area contributed by atoms with Gasteiger partial charge in [-0.15, -0.1) is 5.10 Å². The van der Waals surface area contributed by atoms with Gasteiger partial charge in [0.15, 0.2) is 0 Å². The molecule has 1 atom stereocenters. The molecular formula is C11H13N5O2S. The van der Waals surface area contributed by atoms with Crippen LogP contribution in [0.25, 0.3) is 0 Å². The number of hydrogen-bond donors (Lipinski definition) is 2. The highest BCUT2D eigenvalue weighted by Crippen LogP contribution is 2.05. The van der Waals surface area contributed by atoms with Crippen molar-refractivity contribution in [3.63, 3.8) is 0 Å². The number of amides is 1. The molecule has 2 heterocycles. The minimum absolute atomic E-state index is 0.0990. The molecule has 0 aliphatic carbocycles. The maximum Gasteiger partial charge on any atom is 0.245 e. The SMILES string of the molecule is CC(C(=O)NCc1ccco1)n1cnc(C(N)=S)n1. The lowest BCUT2D eigenvalue weighted by molar-refractivity contribution is -0.124. The Balaban J connectivity index is 1.96. The maximum atomic E-state index is 11.9. The number of nitrogens with one attached hydrogen (secondary N) is 1. The number of aromatic nitrogens is 3. The fraction of sp³-hybridized carbons (Fsp3) is 0.273. The predicted octanol–water partition coefficient (Wildman–Crippen LogP) is 0.383. The second-order valence-corrected chi connectivity index (χ2v) is 4.33. The van der Waals surface area contributed by atoms with Crippen molar-refractivity contribution in [3.05, 3.63) is 36.3 Å². The highest BCUT2D eigenvalue weighted by molar-refractivity contribution is 7.80. The quantitative estimate of drug-likeness (QED) is 0.768. The van der Waals surface area contributed by atoms with Gasteiger partial charge in [0.1, 0.15) is 23.1 Å². The minimum atomic E-state index is -0.509. The molecule has 0 spiro atoms. The number of furan rings is 1. The van der Waals surface area contributed by atoms with Crippen LogP contribution in [0.3, 0.4) is 0 Å². The molecule has 0 saturated carbocycles. The first-order chi connectivity index (χ1) is 9.08. The zero-order valence-corrected chi connectivity index (χ0v) is 11.1. The smallest absolute Gasteiger partial charge is 0.245 e. The number of hydrogen-bond acceptors (Lipinski definition) is 5. The van der Waals surface area contributed by atoms with E-state index in [1.165, 1.54) is 11.0 Å². The van der Waals surface area contributed by atoms with Crippen molar-refractivity contribution in [2.75, 3.05) is 0 Å². The standard InChI is InChI=1S/C11H13N5O2S/c1-7(16-6-14-10(15-16)9(12)19)11(17)13-5-8-3-2-4-18-8/h2-4,6-7H,5H2,1H3,(H2,12,19)(H,13,17). The van der Waals surface area contributed by atoms with Gasteiger partial charge in [-0.05, 0) is 19.1 Å². The monoisotopic (exact) mass is 279 g/mol. The van der Waals surface area contributed by atoms with E-state index in [4.69, 9.17) is 22.4 Å². The van der Waals surface area contributed by atoms with E-state index in [1.807, 2.05) is 0 Å². The number of thiocarbonyl (C=S) groups is 1. The van der Waals surface area contributed by atoms with E-state index < -0.39 is 6.04 Å². The molecule has 100 valence electrons. The Morgan fingerprint density at radius 1 is 1.68 bits per heavy atom. The summed E-state index contributed by atoms with van der Waals surface area (Å²) in [5, 5.41) is 6.77. The molecule has 2 aromatic heterocycles. The fourth-order valence-corrected chi connectivity index (χ4v) is 1.52. The number of carbonyl (C=O) groups is 1. The number of nitrogens with zero attached hydrogens (tertiary/aromatic N) is 3. The second-order valence-electron chi connectivity index (χ2n) is 3.89. The number of nitrogens with two attached hydrogens (primary N) is 1. The molecule has 1 unspecified atom stereocenters. The van der Waals surface area contributed by atoms with Crippen molar-refractivity contribution in [2.24, 2.45) is 5.73 Å². The first-order valence-corrected chi connectivity index (χ1v) is 6.00. The van der Waals surface area contributed by atoms with Crippen molar-refractivity contribution in [2.45, 2.75) is 19.5 Å². The minimum Gasteiger partial charge on any atom is -0.467 e. The van der Waals surface area contributed by atoms with E-state index in [1.54, 1.807) is 25.3 Å². The van der Waals surface area contributed by atoms with Crippen molar-refractivity contribution in [3.8, 4) is 0 Å². The van der Waals surface area contributed by atoms with Crippen LogP contribution in [0.4, 0.5) is 0 Å². The molecule has 2 aromatic rings. The average Bonchev–Trinajstić information content (AvgIpc) is 3.05. The summed E-state index contributed by atoms with van der Waals surface area (Å²) in [6.07, 6.45) is 2.97. The highest BCUT2D eigenvalue weighted by atomic mass is 32.1. The van der Waals surface area contributed by atoms with E-state index in [0.717, 1.165) is 0 Å². The molecule has 8 heteroatoms. The summed E-state index contributed by atoms with van der Waals surface area (Å²) in [5.74, 6) is 0.736. The van der Waals surface area contributed by atoms with Gasteiger partial charge in [0.05, 0.1) is 12.8 Å². The second kappa shape index (κ2) is 5.61. The molecule has 0 bridgehead atoms. The van der Waals surface area contributed by atoms with Gasteiger partial charge in [-0.3, -0.25) is 4.79 Å². The van der Waals surface area contributed by atoms with Gasteiger partial charge >= 0.3 is 0 Å². The Morgan fingerprint density at radius 2 is 2.47 bits per heavy atom. The van der Waals surface area contributed by atoms with Crippen molar-refractivity contribution in [1.29, 1.82) is 0 Å². The maximum absolute atomic E-state index is 11.9. The number of carbonyl (C=O) groups excluding carboxylic acids is 1. The molecule has 1 amide bonds. The Kier molecular flexibility index (Phi) is 3.91. The Labute approximate surface area is 114 Å². The third kappa shape index (κ3) is 3.16. The molecule has 7 nitrogen and oxygen atoms in total. The van der Waals surface area contributed by atoms with Crippen LogP contribution in [0.2, 0.25) is 0 Å². The summed E-state index contributed by atoms with van der Waals surface area (Å²) in [4.78, 5) is 15.9. The third-order valence-corrected chi connectivity index (χ3v) is 2.70. The first-order valence-electron chi connectivity index (χ1n) is 5.59. The molecule has 19 heavy (non-hydrogen) atoms. The number of rotatable bonds is 5. The van der Waals surface area contributed by atoms with Crippen molar-refractivity contribution in [1.82, 2.24) is 20.1 Å². The molecule has 0 aliphatic rings. The zero-order valence-electron chi connectivity index (χ0n) is 10.2. The molecule has 0 aliphatic heterocycles. The van der Waals surface area contributed by atoms with E-state index in [-0.39, 0.29) is 16.7 Å². The van der Waals surface area contributed by atoms with Gasteiger partial charge < -0.3 is 15.5 Å².